The normalized spacial score (nSPS) is 28.2. The first-order chi connectivity index (χ1) is 44.3. The topological polar surface area (TPSA) is 307 Å². The Labute approximate surface area is 547 Å². The quantitative estimate of drug-likeness (QED) is 0.0199. The van der Waals surface area contributed by atoms with E-state index in [2.05, 4.69) is 67.8 Å². The van der Waals surface area contributed by atoms with Crippen LogP contribution in [0.25, 0.3) is 0 Å². The molecule has 0 radical (unpaired) electrons. The molecule has 3 aliphatic heterocycles. The second kappa shape index (κ2) is 53.6. The summed E-state index contributed by atoms with van der Waals surface area (Å²) in [7, 11) is 0. The molecule has 17 unspecified atom stereocenters. The van der Waals surface area contributed by atoms with Crippen LogP contribution >= 0.6 is 0 Å². The van der Waals surface area contributed by atoms with Gasteiger partial charge in [-0.15, -0.1) is 0 Å². The molecule has 3 aliphatic rings. The van der Waals surface area contributed by atoms with E-state index >= 15 is 0 Å². The Morgan fingerprint density at radius 3 is 1.18 bits per heavy atom. The van der Waals surface area contributed by atoms with E-state index in [1.54, 1.807) is 6.08 Å². The summed E-state index contributed by atoms with van der Waals surface area (Å²) < 4.78 is 34.3. The summed E-state index contributed by atoms with van der Waals surface area (Å²) in [5.74, 6) is -0.285. The van der Waals surface area contributed by atoms with E-state index in [1.807, 2.05) is 6.08 Å². The molecule has 3 rings (SSSR count). The standard InChI is InChI=1S/C72H129NO18/c1-3-5-7-9-11-13-15-17-19-20-21-22-23-24-25-26-27-28-29-30-31-32-33-34-36-38-40-42-44-46-48-50-60(78)73-55(56(77)49-47-45-43-41-39-37-35-18-16-14-12-10-8-6-4-2)54-86-70-66(84)63(81)68(58(52-75)88-70)91-72-67(85)64(82)69(59(53-76)89-72)90-71-65(83)62(80)61(79)57(51-74)87-71/h15,17,20-21,23-24,39,41,47,49,55-59,61-72,74-77,79-85H,3-14,16,18-19,22,25-38,40,42-46,48,50-54H2,1-2H3,(H,73,78)/b17-15-,21-20-,24-23-,41-39+,49-47+. The summed E-state index contributed by atoms with van der Waals surface area (Å²) in [5.41, 5.74) is 0. The van der Waals surface area contributed by atoms with Gasteiger partial charge in [0.25, 0.3) is 0 Å². The van der Waals surface area contributed by atoms with Gasteiger partial charge < -0.3 is 89.9 Å². The lowest BCUT2D eigenvalue weighted by Gasteiger charge is -2.48. The van der Waals surface area contributed by atoms with Crippen molar-refractivity contribution in [1.29, 1.82) is 0 Å². The number of amides is 1. The van der Waals surface area contributed by atoms with E-state index in [0.29, 0.717) is 12.8 Å². The predicted molar refractivity (Wildman–Crippen MR) is 355 cm³/mol. The van der Waals surface area contributed by atoms with Gasteiger partial charge >= 0.3 is 0 Å². The van der Waals surface area contributed by atoms with Crippen molar-refractivity contribution in [3.63, 3.8) is 0 Å². The van der Waals surface area contributed by atoms with E-state index in [9.17, 15) is 61.0 Å². The van der Waals surface area contributed by atoms with E-state index < -0.39 is 124 Å². The van der Waals surface area contributed by atoms with Crippen molar-refractivity contribution in [2.75, 3.05) is 26.4 Å². The lowest BCUT2D eigenvalue weighted by atomic mass is 9.96. The van der Waals surface area contributed by atoms with Crippen molar-refractivity contribution >= 4 is 5.91 Å². The highest BCUT2D eigenvalue weighted by Gasteiger charge is 2.53. The first-order valence-corrected chi connectivity index (χ1v) is 36.0. The van der Waals surface area contributed by atoms with Crippen LogP contribution in [0.15, 0.2) is 60.8 Å². The van der Waals surface area contributed by atoms with Crippen LogP contribution in [-0.4, -0.2) is 193 Å². The van der Waals surface area contributed by atoms with E-state index in [0.717, 1.165) is 51.4 Å². The van der Waals surface area contributed by atoms with Gasteiger partial charge in [-0.05, 0) is 70.6 Å². The number of carbonyl (C=O) groups is 1. The Morgan fingerprint density at radius 1 is 0.396 bits per heavy atom. The predicted octanol–water partition coefficient (Wildman–Crippen LogP) is 9.94. The molecule has 3 heterocycles. The molecule has 19 heteroatoms. The van der Waals surface area contributed by atoms with Crippen LogP contribution in [0.5, 0.6) is 0 Å². The number of nitrogens with one attached hydrogen (secondary N) is 1. The number of aliphatic hydroxyl groups is 11. The van der Waals surface area contributed by atoms with E-state index in [-0.39, 0.29) is 18.9 Å². The van der Waals surface area contributed by atoms with Gasteiger partial charge in [0.1, 0.15) is 73.2 Å². The maximum Gasteiger partial charge on any atom is 0.220 e. The monoisotopic (exact) mass is 1300 g/mol. The summed E-state index contributed by atoms with van der Waals surface area (Å²) in [6.07, 6.45) is 39.2. The minimum atomic E-state index is -1.98. The average molecular weight is 1300 g/mol. The Morgan fingerprint density at radius 2 is 0.736 bits per heavy atom. The second-order valence-corrected chi connectivity index (χ2v) is 25.7. The number of aliphatic hydroxyl groups excluding tert-OH is 11. The zero-order chi connectivity index (χ0) is 66.1. The number of hydrogen-bond acceptors (Lipinski definition) is 18. The molecule has 0 spiro atoms. The Bertz CT molecular complexity index is 1890. The number of carbonyl (C=O) groups excluding carboxylic acids is 1. The lowest BCUT2D eigenvalue weighted by molar-refractivity contribution is -0.379. The molecule has 0 aromatic heterocycles. The number of rotatable bonds is 55. The van der Waals surface area contributed by atoms with Crippen molar-refractivity contribution in [2.45, 2.75) is 362 Å². The van der Waals surface area contributed by atoms with Crippen LogP contribution in [0.1, 0.15) is 258 Å². The smallest absolute Gasteiger partial charge is 0.220 e. The fourth-order valence-corrected chi connectivity index (χ4v) is 11.9. The van der Waals surface area contributed by atoms with Crippen molar-refractivity contribution in [3.05, 3.63) is 60.8 Å². The summed E-state index contributed by atoms with van der Waals surface area (Å²) in [6, 6.07) is -0.991. The maximum absolute atomic E-state index is 13.4. The van der Waals surface area contributed by atoms with E-state index in [1.165, 1.54) is 173 Å². The van der Waals surface area contributed by atoms with Crippen LogP contribution in [0.4, 0.5) is 0 Å². The van der Waals surface area contributed by atoms with Crippen molar-refractivity contribution in [1.82, 2.24) is 5.32 Å². The van der Waals surface area contributed by atoms with Gasteiger partial charge in [0.05, 0.1) is 38.6 Å². The minimum absolute atomic E-state index is 0.235. The summed E-state index contributed by atoms with van der Waals surface area (Å²) in [5, 5.41) is 120. The molecular weight excluding hydrogens is 1170 g/mol. The Kier molecular flexibility index (Phi) is 48.7. The first-order valence-electron chi connectivity index (χ1n) is 36.0. The Hall–Kier alpha value is -2.51. The third-order valence-electron chi connectivity index (χ3n) is 17.8. The molecule has 17 atom stereocenters. The third kappa shape index (κ3) is 35.4. The lowest BCUT2D eigenvalue weighted by Crippen LogP contribution is -2.66. The van der Waals surface area contributed by atoms with Crippen LogP contribution in [-0.2, 0) is 33.2 Å². The maximum atomic E-state index is 13.4. The highest BCUT2D eigenvalue weighted by Crippen LogP contribution is 2.33. The first kappa shape index (κ1) is 82.7. The molecular formula is C72H129NO18. The van der Waals surface area contributed by atoms with Gasteiger partial charge in [0.15, 0.2) is 18.9 Å². The zero-order valence-corrected chi connectivity index (χ0v) is 56.1. The largest absolute Gasteiger partial charge is 0.394 e. The van der Waals surface area contributed by atoms with Crippen LogP contribution in [0, 0.1) is 0 Å². The van der Waals surface area contributed by atoms with Crippen LogP contribution in [0.3, 0.4) is 0 Å². The molecule has 0 aromatic rings. The highest BCUT2D eigenvalue weighted by atomic mass is 16.8. The molecule has 3 saturated heterocycles. The molecule has 3 fully saturated rings. The van der Waals surface area contributed by atoms with Crippen LogP contribution in [0.2, 0.25) is 0 Å². The van der Waals surface area contributed by atoms with Crippen molar-refractivity contribution in [3.8, 4) is 0 Å². The molecule has 0 aromatic carbocycles. The fraction of sp³-hybridized carbons (Fsp3) is 0.847. The van der Waals surface area contributed by atoms with Gasteiger partial charge in [-0.2, -0.15) is 0 Å². The highest BCUT2D eigenvalue weighted by molar-refractivity contribution is 5.76. The van der Waals surface area contributed by atoms with Crippen molar-refractivity contribution in [2.24, 2.45) is 0 Å². The molecule has 0 aliphatic carbocycles. The van der Waals surface area contributed by atoms with Gasteiger partial charge in [-0.1, -0.05) is 242 Å². The zero-order valence-electron chi connectivity index (χ0n) is 56.1. The molecule has 12 N–H and O–H groups in total. The third-order valence-corrected chi connectivity index (χ3v) is 17.8. The SMILES string of the molecule is CCCCCCC/C=C\C/C=C\C/C=C\CCCCCCCCCCCCCCCCCCC(=O)NC(COC1OC(CO)C(OC2OC(CO)C(OC3OC(CO)C(O)C(O)C3O)C(O)C2O)C(O)C1O)C(O)/C=C/CC/C=C/CCCCCCCCCCC. The summed E-state index contributed by atoms with van der Waals surface area (Å²) in [6.45, 7) is 1.70. The number of hydrogen-bond donors (Lipinski definition) is 12. The van der Waals surface area contributed by atoms with Gasteiger partial charge in [0.2, 0.25) is 5.91 Å². The molecule has 19 nitrogen and oxygen atoms in total. The molecule has 1 amide bonds. The fourth-order valence-electron chi connectivity index (χ4n) is 11.9. The van der Waals surface area contributed by atoms with Gasteiger partial charge in [-0.3, -0.25) is 4.79 Å². The molecule has 0 bridgehead atoms. The van der Waals surface area contributed by atoms with Crippen molar-refractivity contribution < 1.29 is 89.4 Å². The summed E-state index contributed by atoms with van der Waals surface area (Å²) >= 11 is 0. The number of unbranched alkanes of at least 4 members (excludes halogenated alkanes) is 31. The average Bonchev–Trinajstić information content (AvgIpc) is 0.876. The molecule has 91 heavy (non-hydrogen) atoms. The van der Waals surface area contributed by atoms with Gasteiger partial charge in [0, 0.05) is 6.42 Å². The van der Waals surface area contributed by atoms with Gasteiger partial charge in [-0.25, -0.2) is 0 Å². The second-order valence-electron chi connectivity index (χ2n) is 25.7. The number of ether oxygens (including phenoxy) is 6. The number of allylic oxidation sites excluding steroid dienone is 9. The summed E-state index contributed by atoms with van der Waals surface area (Å²) in [4.78, 5) is 13.4. The minimum Gasteiger partial charge on any atom is -0.394 e. The Balaban J connectivity index is 1.38. The van der Waals surface area contributed by atoms with Crippen LogP contribution < -0.4 is 5.32 Å². The molecule has 0 saturated carbocycles. The van der Waals surface area contributed by atoms with E-state index in [4.69, 9.17) is 28.4 Å². The molecule has 530 valence electrons.